The van der Waals surface area contributed by atoms with Crippen molar-refractivity contribution in [3.63, 3.8) is 0 Å². The van der Waals surface area contributed by atoms with E-state index < -0.39 is 0 Å². The van der Waals surface area contributed by atoms with E-state index in [4.69, 9.17) is 5.26 Å². The SMILES string of the molecule is CCCCCCC(C)OOO. The van der Waals surface area contributed by atoms with Crippen molar-refractivity contribution in [2.24, 2.45) is 0 Å². The zero-order valence-electron chi connectivity index (χ0n) is 7.38. The van der Waals surface area contributed by atoms with Gasteiger partial charge in [0.2, 0.25) is 0 Å². The number of hydrogen-bond donors (Lipinski definition) is 1. The van der Waals surface area contributed by atoms with E-state index in [2.05, 4.69) is 16.8 Å². The first-order chi connectivity index (χ1) is 5.31. The van der Waals surface area contributed by atoms with Gasteiger partial charge in [-0.3, -0.25) is 0 Å². The fourth-order valence-electron chi connectivity index (χ4n) is 0.980. The predicted octanol–water partition coefficient (Wildman–Crippen LogP) is 2.77. The lowest BCUT2D eigenvalue weighted by Gasteiger charge is -2.06. The summed E-state index contributed by atoms with van der Waals surface area (Å²) in [6, 6.07) is 0. The smallest absolute Gasteiger partial charge is 0.0933 e. The molecule has 0 aliphatic rings. The van der Waals surface area contributed by atoms with Crippen LogP contribution in [0.15, 0.2) is 0 Å². The molecule has 0 aromatic heterocycles. The first-order valence-electron chi connectivity index (χ1n) is 4.28. The average molecular weight is 162 g/mol. The Hall–Kier alpha value is -0.120. The van der Waals surface area contributed by atoms with Crippen LogP contribution in [0, 0.1) is 0 Å². The second-order valence-corrected chi connectivity index (χ2v) is 2.83. The molecule has 0 saturated heterocycles. The molecule has 0 aromatic rings. The summed E-state index contributed by atoms with van der Waals surface area (Å²) in [6.45, 7) is 4.05. The molecule has 1 unspecified atom stereocenters. The molecule has 1 N–H and O–H groups in total. The third kappa shape index (κ3) is 7.78. The molecule has 0 rings (SSSR count). The van der Waals surface area contributed by atoms with Crippen molar-refractivity contribution in [2.45, 2.75) is 52.1 Å². The monoisotopic (exact) mass is 162 g/mol. The van der Waals surface area contributed by atoms with Crippen molar-refractivity contribution < 1.29 is 15.2 Å². The summed E-state index contributed by atoms with van der Waals surface area (Å²) in [7, 11) is 0. The molecular formula is C8H18O3. The van der Waals surface area contributed by atoms with E-state index in [1.807, 2.05) is 6.92 Å². The normalized spacial score (nSPS) is 13.4. The molecule has 0 aliphatic carbocycles. The van der Waals surface area contributed by atoms with Crippen LogP contribution >= 0.6 is 0 Å². The molecule has 1 atom stereocenters. The van der Waals surface area contributed by atoms with Crippen LogP contribution in [-0.2, 0) is 9.93 Å². The number of unbranched alkanes of at least 4 members (excludes halogenated alkanes) is 3. The zero-order chi connectivity index (χ0) is 8.53. The average Bonchev–Trinajstić information content (AvgIpc) is 1.99. The summed E-state index contributed by atoms with van der Waals surface area (Å²) in [5, 5.41) is 11.5. The fraction of sp³-hybridized carbons (Fsp3) is 1.00. The molecule has 0 fully saturated rings. The summed E-state index contributed by atoms with van der Waals surface area (Å²) < 4.78 is 0. The lowest BCUT2D eigenvalue weighted by atomic mass is 10.1. The highest BCUT2D eigenvalue weighted by molar-refractivity contribution is 4.48. The second-order valence-electron chi connectivity index (χ2n) is 2.83. The quantitative estimate of drug-likeness (QED) is 0.355. The highest BCUT2D eigenvalue weighted by Crippen LogP contribution is 2.07. The standard InChI is InChI=1S/C8H18O3/c1-3-4-5-6-7-8(2)10-11-9/h8-9H,3-7H2,1-2H3. The Bertz CT molecular complexity index is 75.7. The minimum atomic E-state index is -0.00291. The van der Waals surface area contributed by atoms with E-state index in [9.17, 15) is 0 Å². The Morgan fingerprint density at radius 3 is 2.55 bits per heavy atom. The summed E-state index contributed by atoms with van der Waals surface area (Å²) in [4.78, 5) is 4.48. The Morgan fingerprint density at radius 1 is 1.27 bits per heavy atom. The van der Waals surface area contributed by atoms with Crippen molar-refractivity contribution in [1.82, 2.24) is 0 Å². The molecule has 3 nitrogen and oxygen atoms in total. The van der Waals surface area contributed by atoms with Crippen LogP contribution in [0.3, 0.4) is 0 Å². The summed E-state index contributed by atoms with van der Waals surface area (Å²) in [5.41, 5.74) is 0. The van der Waals surface area contributed by atoms with Gasteiger partial charge in [0.25, 0.3) is 0 Å². The molecule has 3 heteroatoms. The topological polar surface area (TPSA) is 38.7 Å². The molecule has 0 radical (unpaired) electrons. The van der Waals surface area contributed by atoms with Crippen LogP contribution < -0.4 is 0 Å². The third-order valence-electron chi connectivity index (χ3n) is 1.67. The van der Waals surface area contributed by atoms with Gasteiger partial charge in [0.15, 0.2) is 0 Å². The lowest BCUT2D eigenvalue weighted by Crippen LogP contribution is -2.06. The maximum Gasteiger partial charge on any atom is 0.0933 e. The van der Waals surface area contributed by atoms with E-state index in [0.29, 0.717) is 0 Å². The second kappa shape index (κ2) is 7.98. The molecule has 0 bridgehead atoms. The van der Waals surface area contributed by atoms with Crippen molar-refractivity contribution in [3.05, 3.63) is 0 Å². The molecule has 0 heterocycles. The van der Waals surface area contributed by atoms with Crippen LogP contribution in [0.4, 0.5) is 0 Å². The van der Waals surface area contributed by atoms with Gasteiger partial charge in [-0.1, -0.05) is 37.6 Å². The third-order valence-corrected chi connectivity index (χ3v) is 1.67. The Labute approximate surface area is 68.2 Å². The molecule has 0 aromatic carbocycles. The Balaban J connectivity index is 2.97. The largest absolute Gasteiger partial charge is 0.221 e. The van der Waals surface area contributed by atoms with Crippen molar-refractivity contribution in [3.8, 4) is 0 Å². The van der Waals surface area contributed by atoms with Crippen LogP contribution in [0.2, 0.25) is 0 Å². The van der Waals surface area contributed by atoms with Crippen molar-refractivity contribution in [1.29, 1.82) is 0 Å². The maximum absolute atomic E-state index is 7.92. The van der Waals surface area contributed by atoms with Crippen LogP contribution in [0.25, 0.3) is 0 Å². The minimum Gasteiger partial charge on any atom is -0.221 e. The molecule has 0 saturated carbocycles. The molecule has 0 spiro atoms. The predicted molar refractivity (Wildman–Crippen MR) is 43.0 cm³/mol. The molecular weight excluding hydrogens is 144 g/mol. The van der Waals surface area contributed by atoms with Gasteiger partial charge in [-0.15, -0.1) is 0 Å². The van der Waals surface area contributed by atoms with E-state index in [-0.39, 0.29) is 6.10 Å². The van der Waals surface area contributed by atoms with Crippen molar-refractivity contribution >= 4 is 0 Å². The molecule has 68 valence electrons. The van der Waals surface area contributed by atoms with Crippen molar-refractivity contribution in [2.75, 3.05) is 0 Å². The van der Waals surface area contributed by atoms with E-state index >= 15 is 0 Å². The van der Waals surface area contributed by atoms with Crippen LogP contribution in [0.5, 0.6) is 0 Å². The van der Waals surface area contributed by atoms with Gasteiger partial charge in [0.05, 0.1) is 6.10 Å². The summed E-state index contributed by atoms with van der Waals surface area (Å²) >= 11 is 0. The maximum atomic E-state index is 7.92. The highest BCUT2D eigenvalue weighted by atomic mass is 17.5. The van der Waals surface area contributed by atoms with Gasteiger partial charge in [-0.2, -0.15) is 0 Å². The summed E-state index contributed by atoms with van der Waals surface area (Å²) in [6.07, 6.45) is 5.82. The van der Waals surface area contributed by atoms with E-state index in [1.54, 1.807) is 0 Å². The fourth-order valence-corrected chi connectivity index (χ4v) is 0.980. The Kier molecular flexibility index (Phi) is 7.89. The lowest BCUT2D eigenvalue weighted by molar-refractivity contribution is -0.504. The van der Waals surface area contributed by atoms with Gasteiger partial charge in [-0.05, 0) is 13.3 Å². The molecule has 11 heavy (non-hydrogen) atoms. The van der Waals surface area contributed by atoms with Crippen LogP contribution in [0.1, 0.15) is 46.0 Å². The zero-order valence-corrected chi connectivity index (χ0v) is 7.38. The van der Waals surface area contributed by atoms with Gasteiger partial charge in [-0.25, -0.2) is 10.1 Å². The highest BCUT2D eigenvalue weighted by Gasteiger charge is 2.01. The van der Waals surface area contributed by atoms with E-state index in [1.165, 1.54) is 19.3 Å². The minimum absolute atomic E-state index is 0.00291. The summed E-state index contributed by atoms with van der Waals surface area (Å²) in [5.74, 6) is 0. The van der Waals surface area contributed by atoms with Gasteiger partial charge < -0.3 is 0 Å². The van der Waals surface area contributed by atoms with Gasteiger partial charge >= 0.3 is 0 Å². The Morgan fingerprint density at radius 2 is 2.00 bits per heavy atom. The molecule has 0 aliphatic heterocycles. The van der Waals surface area contributed by atoms with Gasteiger partial charge in [0.1, 0.15) is 0 Å². The van der Waals surface area contributed by atoms with Crippen LogP contribution in [-0.4, -0.2) is 11.4 Å². The first-order valence-corrected chi connectivity index (χ1v) is 4.28. The number of hydrogen-bond acceptors (Lipinski definition) is 3. The van der Waals surface area contributed by atoms with E-state index in [0.717, 1.165) is 12.8 Å². The first kappa shape index (κ1) is 10.9. The molecule has 0 amide bonds. The number of rotatable bonds is 7. The van der Waals surface area contributed by atoms with Gasteiger partial charge in [0, 0.05) is 0 Å².